The maximum Gasteiger partial charge on any atom is 0.135 e. The third kappa shape index (κ3) is 13.5. The first-order valence-electron chi connectivity index (χ1n) is 40.3. The second-order valence-corrected chi connectivity index (χ2v) is 31.5. The van der Waals surface area contributed by atoms with E-state index in [0.29, 0.717) is 0 Å². The number of para-hydroxylation sites is 7. The van der Waals surface area contributed by atoms with Crippen molar-refractivity contribution in [1.29, 1.82) is 0 Å². The molecule has 17 aromatic carbocycles. The Morgan fingerprint density at radius 1 is 0.214 bits per heavy atom. The van der Waals surface area contributed by atoms with Gasteiger partial charge in [0.1, 0.15) is 33.5 Å². The lowest BCUT2D eigenvalue weighted by molar-refractivity contribution is 0.630. The van der Waals surface area contributed by atoms with Crippen molar-refractivity contribution < 1.29 is 13.3 Å². The van der Waals surface area contributed by atoms with Gasteiger partial charge in [0, 0.05) is 81.4 Å². The largest absolute Gasteiger partial charge is 0.456 e. The predicted octanol–water partition coefficient (Wildman–Crippen LogP) is 30.9. The Bertz CT molecular complexity index is 7640. The van der Waals surface area contributed by atoms with Crippen molar-refractivity contribution in [3.63, 3.8) is 0 Å². The molecular weight excluding hydrogens is 1420 g/mol. The number of benzene rings is 17. The SMILES string of the molecule is Cc1ccc2c(c1)c1cc(-c3ccccc3)ccc1n2-c1ccccc1.Cc1ccc2c(c1)c1cccc3c1n2-c1ccccc1C3(C)C.Cc1ccc2c(c1)oc1ccccc12.Cc1ccc2c3cc(-c4ccccc4)ccc3n(-c3ccccc3)c2c1.Cc1ccc2oc3ccccc3c2c1.Cc1cccc2oc3ccccc3c12. The zero-order valence-electron chi connectivity index (χ0n) is 66.9. The summed E-state index contributed by atoms with van der Waals surface area (Å²) < 4.78 is 24.4. The van der Waals surface area contributed by atoms with E-state index in [2.05, 4.69) is 378 Å². The van der Waals surface area contributed by atoms with E-state index in [4.69, 9.17) is 13.3 Å². The van der Waals surface area contributed by atoms with Gasteiger partial charge in [-0.25, -0.2) is 0 Å². The molecule has 1 aliphatic heterocycles. The summed E-state index contributed by atoms with van der Waals surface area (Å²) in [5.41, 5.74) is 32.7. The second kappa shape index (κ2) is 30.5. The molecule has 6 aromatic heterocycles. The van der Waals surface area contributed by atoms with Crippen molar-refractivity contribution in [2.24, 2.45) is 0 Å². The van der Waals surface area contributed by atoms with Gasteiger partial charge in [0.15, 0.2) is 0 Å². The summed E-state index contributed by atoms with van der Waals surface area (Å²) in [5.74, 6) is 0. The molecule has 0 unspecified atom stereocenters. The van der Waals surface area contributed by atoms with Crippen molar-refractivity contribution in [1.82, 2.24) is 13.7 Å². The standard InChI is InChI=1S/2C25H19N.C22H19N.3C13H10O/c1-18-12-14-24-22(16-18)23-17-20(19-8-4-2-5-9-19)13-15-25(23)26(24)21-10-6-3-7-11-21;1-18-12-14-22-23-17-20(19-8-4-2-5-9-19)13-15-24(23)26(25(22)16-18)21-10-6-3-7-11-21;1-14-11-12-19-16(13-14)15-7-6-9-18-21(15)23(19)20-10-5-4-8-17(20)22(18,2)3;1-9-5-4-8-12-13(9)10-6-2-3-7-11(10)14-12;1-9-6-7-13-11(8-9)10-4-2-3-5-12(10)14-13;1-9-6-7-11-10-4-2-3-5-12(10)14-13(11)8-9/h2*2-17H,1H3;4-13H,1-3H3;3*2-8H,1H3. The van der Waals surface area contributed by atoms with Gasteiger partial charge in [-0.3, -0.25) is 0 Å². The number of fused-ring (bicyclic) bond motifs is 20. The lowest BCUT2D eigenvalue weighted by atomic mass is 9.75. The first-order valence-corrected chi connectivity index (χ1v) is 40.3. The lowest BCUT2D eigenvalue weighted by Crippen LogP contribution is -2.26. The van der Waals surface area contributed by atoms with E-state index >= 15 is 0 Å². The van der Waals surface area contributed by atoms with Gasteiger partial charge in [0.25, 0.3) is 0 Å². The minimum Gasteiger partial charge on any atom is -0.456 e. The first kappa shape index (κ1) is 72.8. The summed E-state index contributed by atoms with van der Waals surface area (Å²) in [5, 5.41) is 15.2. The van der Waals surface area contributed by atoms with Crippen molar-refractivity contribution in [2.75, 3.05) is 0 Å². The molecule has 0 N–H and O–H groups in total. The van der Waals surface area contributed by atoms with Crippen LogP contribution < -0.4 is 0 Å². The molecule has 1 aliphatic rings. The van der Waals surface area contributed by atoms with Crippen LogP contribution in [0, 0.1) is 41.5 Å². The van der Waals surface area contributed by atoms with Crippen LogP contribution in [0.15, 0.2) is 395 Å². The van der Waals surface area contributed by atoms with Crippen LogP contribution in [0.1, 0.15) is 58.4 Å². The number of aryl methyl sites for hydroxylation is 6. The average Bonchev–Trinajstić information content (AvgIpc) is 1.53. The highest BCUT2D eigenvalue weighted by atomic mass is 16.3. The minimum absolute atomic E-state index is 0.0233. The molecule has 0 bridgehead atoms. The van der Waals surface area contributed by atoms with Crippen molar-refractivity contribution in [3.8, 4) is 39.3 Å². The zero-order chi connectivity index (χ0) is 79.4. The van der Waals surface area contributed by atoms with Crippen LogP contribution in [-0.4, -0.2) is 13.7 Å². The summed E-state index contributed by atoms with van der Waals surface area (Å²) >= 11 is 0. The zero-order valence-corrected chi connectivity index (χ0v) is 66.9. The van der Waals surface area contributed by atoms with Gasteiger partial charge in [-0.15, -0.1) is 0 Å². The van der Waals surface area contributed by atoms with E-state index < -0.39 is 0 Å². The fourth-order valence-corrected chi connectivity index (χ4v) is 17.5. The number of rotatable bonds is 4. The van der Waals surface area contributed by atoms with E-state index in [1.165, 1.54) is 182 Å². The molecule has 0 amide bonds. The molecule has 6 heteroatoms. The van der Waals surface area contributed by atoms with Crippen LogP contribution in [-0.2, 0) is 5.41 Å². The van der Waals surface area contributed by atoms with Crippen molar-refractivity contribution >= 4 is 131 Å². The Balaban J connectivity index is 0.0000000954. The molecule has 0 spiro atoms. The molecule has 564 valence electrons. The van der Waals surface area contributed by atoms with E-state index in [-0.39, 0.29) is 5.41 Å². The topological polar surface area (TPSA) is 54.2 Å². The molecule has 0 fully saturated rings. The van der Waals surface area contributed by atoms with E-state index in [9.17, 15) is 0 Å². The lowest BCUT2D eigenvalue weighted by Gasteiger charge is -2.34. The van der Waals surface area contributed by atoms with Crippen LogP contribution in [0.5, 0.6) is 0 Å². The normalized spacial score (nSPS) is 12.0. The Kier molecular flexibility index (Phi) is 18.9. The molecule has 7 heterocycles. The molecule has 24 rings (SSSR count). The van der Waals surface area contributed by atoms with E-state index in [1.807, 2.05) is 72.8 Å². The quantitative estimate of drug-likeness (QED) is 0.176. The van der Waals surface area contributed by atoms with Gasteiger partial charge < -0.3 is 27.0 Å². The molecule has 0 saturated carbocycles. The monoisotopic (exact) mass is 1510 g/mol. The third-order valence-electron chi connectivity index (χ3n) is 23.2. The number of aromatic nitrogens is 3. The molecule has 0 atom stereocenters. The Labute approximate surface area is 680 Å². The van der Waals surface area contributed by atoms with Crippen LogP contribution in [0.3, 0.4) is 0 Å². The molecule has 0 aliphatic carbocycles. The Morgan fingerprint density at radius 2 is 0.590 bits per heavy atom. The highest BCUT2D eigenvalue weighted by Crippen LogP contribution is 2.48. The summed E-state index contributed by atoms with van der Waals surface area (Å²) in [6, 6.07) is 135. The molecule has 6 nitrogen and oxygen atoms in total. The second-order valence-electron chi connectivity index (χ2n) is 31.5. The average molecular weight is 1510 g/mol. The van der Waals surface area contributed by atoms with Crippen LogP contribution in [0.2, 0.25) is 0 Å². The summed E-state index contributed by atoms with van der Waals surface area (Å²) in [6.07, 6.45) is 0. The molecule has 117 heavy (non-hydrogen) atoms. The van der Waals surface area contributed by atoms with Crippen LogP contribution in [0.4, 0.5) is 0 Å². The number of nitrogens with zero attached hydrogens (tertiary/aromatic N) is 3. The van der Waals surface area contributed by atoms with Crippen molar-refractivity contribution in [2.45, 2.75) is 60.8 Å². The Morgan fingerprint density at radius 3 is 1.21 bits per heavy atom. The van der Waals surface area contributed by atoms with Gasteiger partial charge in [-0.05, 0) is 219 Å². The van der Waals surface area contributed by atoms with Crippen LogP contribution in [0.25, 0.3) is 171 Å². The summed E-state index contributed by atoms with van der Waals surface area (Å²) in [6.45, 7) is 17.5. The minimum atomic E-state index is 0.0233. The number of hydrogen-bond acceptors (Lipinski definition) is 3. The Hall–Kier alpha value is -14.5. The summed E-state index contributed by atoms with van der Waals surface area (Å²) in [4.78, 5) is 0. The highest BCUT2D eigenvalue weighted by Gasteiger charge is 2.35. The van der Waals surface area contributed by atoms with Crippen molar-refractivity contribution in [3.05, 3.63) is 427 Å². The van der Waals surface area contributed by atoms with E-state index in [0.717, 1.165) is 33.5 Å². The van der Waals surface area contributed by atoms with Gasteiger partial charge in [0.05, 0.1) is 38.8 Å². The van der Waals surface area contributed by atoms with Crippen LogP contribution >= 0.6 is 0 Å². The van der Waals surface area contributed by atoms with E-state index in [1.54, 1.807) is 0 Å². The van der Waals surface area contributed by atoms with Gasteiger partial charge >= 0.3 is 0 Å². The first-order chi connectivity index (χ1) is 57.3. The third-order valence-corrected chi connectivity index (χ3v) is 23.2. The highest BCUT2D eigenvalue weighted by molar-refractivity contribution is 6.14. The summed E-state index contributed by atoms with van der Waals surface area (Å²) in [7, 11) is 0. The number of hydrogen-bond donors (Lipinski definition) is 0. The molecule has 23 aromatic rings. The fraction of sp³-hybridized carbons (Fsp3) is 0.0811. The molecule has 0 radical (unpaired) electrons. The van der Waals surface area contributed by atoms with Gasteiger partial charge in [0.2, 0.25) is 0 Å². The molecule has 0 saturated heterocycles. The predicted molar refractivity (Wildman–Crippen MR) is 495 cm³/mol. The maximum atomic E-state index is 5.73. The smallest absolute Gasteiger partial charge is 0.135 e. The van der Waals surface area contributed by atoms with Gasteiger partial charge in [-0.1, -0.05) is 285 Å². The number of furan rings is 3. The maximum absolute atomic E-state index is 5.73. The van der Waals surface area contributed by atoms with Gasteiger partial charge in [-0.2, -0.15) is 0 Å². The fourth-order valence-electron chi connectivity index (χ4n) is 17.5. The molecular formula is C111H87N3O3.